The van der Waals surface area contributed by atoms with Crippen molar-refractivity contribution in [2.75, 3.05) is 7.11 Å². The number of alkyl halides is 3. The molecule has 0 amide bonds. The smallest absolute Gasteiger partial charge is 0.416 e. The zero-order valence-electron chi connectivity index (χ0n) is 12.3. The Labute approximate surface area is 129 Å². The molecule has 1 aromatic carbocycles. The average molecular weight is 326 g/mol. The molecule has 1 N–H and O–H groups in total. The van der Waals surface area contributed by atoms with E-state index in [9.17, 15) is 22.8 Å². The number of aromatic nitrogens is 2. The Hall–Kier alpha value is -2.64. The van der Waals surface area contributed by atoms with E-state index in [1.54, 1.807) is 6.92 Å². The van der Waals surface area contributed by atoms with Crippen LogP contribution in [0, 0.1) is 6.92 Å². The monoisotopic (exact) mass is 326 g/mol. The van der Waals surface area contributed by atoms with Crippen molar-refractivity contribution in [2.45, 2.75) is 19.5 Å². The zero-order chi connectivity index (χ0) is 17.2. The number of nitrogens with one attached hydrogen (secondary N) is 1. The molecule has 1 heterocycles. The molecular formula is C15H13F3N2O3. The maximum absolute atomic E-state index is 12.5. The number of H-pyrrole nitrogens is 1. The minimum absolute atomic E-state index is 0.134. The van der Waals surface area contributed by atoms with Gasteiger partial charge in [-0.25, -0.2) is 4.98 Å². The third kappa shape index (κ3) is 3.77. The Morgan fingerprint density at radius 3 is 2.35 bits per heavy atom. The standard InChI is InChI=1S/C15H13F3N2O3/c1-8-11(7-12(21)23-2)14(22)20-13(19-8)9-3-5-10(6-4-9)15(16,17)18/h3-6H,7H2,1-2H3,(H,19,20,22). The Bertz CT molecular complexity index is 780. The van der Waals surface area contributed by atoms with Crippen LogP contribution in [0.3, 0.4) is 0 Å². The van der Waals surface area contributed by atoms with Crippen LogP contribution in [-0.2, 0) is 22.1 Å². The molecule has 0 atom stereocenters. The maximum atomic E-state index is 12.5. The van der Waals surface area contributed by atoms with Gasteiger partial charge in [0.05, 0.1) is 19.1 Å². The molecule has 2 rings (SSSR count). The van der Waals surface area contributed by atoms with Crippen LogP contribution in [-0.4, -0.2) is 23.0 Å². The second-order valence-corrected chi connectivity index (χ2v) is 4.81. The van der Waals surface area contributed by atoms with E-state index >= 15 is 0 Å². The van der Waals surface area contributed by atoms with E-state index in [0.29, 0.717) is 11.3 Å². The Balaban J connectivity index is 2.38. The topological polar surface area (TPSA) is 72.0 Å². The first kappa shape index (κ1) is 16.7. The molecular weight excluding hydrogens is 313 g/mol. The van der Waals surface area contributed by atoms with Crippen LogP contribution in [0.15, 0.2) is 29.1 Å². The number of hydrogen-bond acceptors (Lipinski definition) is 4. The fourth-order valence-electron chi connectivity index (χ4n) is 1.99. The summed E-state index contributed by atoms with van der Waals surface area (Å²) >= 11 is 0. The van der Waals surface area contributed by atoms with Gasteiger partial charge in [-0.2, -0.15) is 13.2 Å². The highest BCUT2D eigenvalue weighted by Crippen LogP contribution is 2.30. The number of carbonyl (C=O) groups excluding carboxylic acids is 1. The molecule has 0 saturated carbocycles. The molecule has 0 aliphatic rings. The van der Waals surface area contributed by atoms with Gasteiger partial charge in [0.15, 0.2) is 0 Å². The largest absolute Gasteiger partial charge is 0.469 e. The number of halogens is 3. The minimum atomic E-state index is -4.43. The van der Waals surface area contributed by atoms with Crippen molar-refractivity contribution >= 4 is 5.97 Å². The molecule has 0 fully saturated rings. The third-order valence-corrected chi connectivity index (χ3v) is 3.26. The van der Waals surface area contributed by atoms with Crippen molar-refractivity contribution in [3.8, 4) is 11.4 Å². The van der Waals surface area contributed by atoms with Gasteiger partial charge in [-0.15, -0.1) is 0 Å². The molecule has 0 bridgehead atoms. The Morgan fingerprint density at radius 2 is 1.87 bits per heavy atom. The second kappa shape index (κ2) is 6.23. The van der Waals surface area contributed by atoms with E-state index in [1.807, 2.05) is 0 Å². The summed E-state index contributed by atoms with van der Waals surface area (Å²) in [5.74, 6) is -0.447. The van der Waals surface area contributed by atoms with Crippen molar-refractivity contribution in [3.63, 3.8) is 0 Å². The third-order valence-electron chi connectivity index (χ3n) is 3.26. The van der Waals surface area contributed by atoms with Gasteiger partial charge < -0.3 is 9.72 Å². The SMILES string of the molecule is COC(=O)Cc1c(C)nc(-c2ccc(C(F)(F)F)cc2)[nH]c1=O. The number of rotatable bonds is 3. The highest BCUT2D eigenvalue weighted by Gasteiger charge is 2.30. The lowest BCUT2D eigenvalue weighted by molar-refractivity contribution is -0.140. The minimum Gasteiger partial charge on any atom is -0.469 e. The lowest BCUT2D eigenvalue weighted by Gasteiger charge is -2.09. The van der Waals surface area contributed by atoms with Gasteiger partial charge in [0, 0.05) is 16.8 Å². The number of aromatic amines is 1. The fourth-order valence-corrected chi connectivity index (χ4v) is 1.99. The average Bonchev–Trinajstić information content (AvgIpc) is 2.49. The first-order chi connectivity index (χ1) is 10.7. The van der Waals surface area contributed by atoms with Gasteiger partial charge in [0.1, 0.15) is 5.82 Å². The Morgan fingerprint density at radius 1 is 1.26 bits per heavy atom. The van der Waals surface area contributed by atoms with Crippen molar-refractivity contribution in [2.24, 2.45) is 0 Å². The Kier molecular flexibility index (Phi) is 4.53. The molecule has 23 heavy (non-hydrogen) atoms. The van der Waals surface area contributed by atoms with Crippen LogP contribution in [0.1, 0.15) is 16.8 Å². The number of ether oxygens (including phenoxy) is 1. The molecule has 5 nitrogen and oxygen atoms in total. The molecule has 122 valence electrons. The van der Waals surface area contributed by atoms with Crippen LogP contribution >= 0.6 is 0 Å². The van der Waals surface area contributed by atoms with E-state index in [0.717, 1.165) is 12.1 Å². The lowest BCUT2D eigenvalue weighted by atomic mass is 10.1. The van der Waals surface area contributed by atoms with E-state index < -0.39 is 23.3 Å². The number of carbonyl (C=O) groups is 1. The number of hydrogen-bond donors (Lipinski definition) is 1. The van der Waals surface area contributed by atoms with Gasteiger partial charge in [-0.3, -0.25) is 9.59 Å². The molecule has 1 aromatic heterocycles. The van der Waals surface area contributed by atoms with Crippen molar-refractivity contribution in [3.05, 3.63) is 51.4 Å². The summed E-state index contributed by atoms with van der Waals surface area (Å²) in [6.07, 6.45) is -4.66. The van der Waals surface area contributed by atoms with E-state index in [1.165, 1.54) is 19.2 Å². The molecule has 0 aliphatic carbocycles. The molecule has 0 saturated heterocycles. The van der Waals surface area contributed by atoms with Gasteiger partial charge >= 0.3 is 12.1 Å². The number of methoxy groups -OCH3 is 1. The van der Waals surface area contributed by atoms with Crippen LogP contribution < -0.4 is 5.56 Å². The van der Waals surface area contributed by atoms with Crippen molar-refractivity contribution in [1.29, 1.82) is 0 Å². The number of nitrogens with zero attached hydrogens (tertiary/aromatic N) is 1. The van der Waals surface area contributed by atoms with Crippen molar-refractivity contribution in [1.82, 2.24) is 9.97 Å². The van der Waals surface area contributed by atoms with Gasteiger partial charge in [-0.05, 0) is 19.1 Å². The van der Waals surface area contributed by atoms with Gasteiger partial charge in [-0.1, -0.05) is 12.1 Å². The first-order valence-corrected chi connectivity index (χ1v) is 6.56. The highest BCUT2D eigenvalue weighted by molar-refractivity contribution is 5.72. The fraction of sp³-hybridized carbons (Fsp3) is 0.267. The molecule has 0 aliphatic heterocycles. The lowest BCUT2D eigenvalue weighted by Crippen LogP contribution is -2.21. The van der Waals surface area contributed by atoms with E-state index in [-0.39, 0.29) is 17.8 Å². The summed E-state index contributed by atoms with van der Waals surface area (Å²) in [4.78, 5) is 29.9. The summed E-state index contributed by atoms with van der Waals surface area (Å²) in [7, 11) is 1.20. The molecule has 0 radical (unpaired) electrons. The zero-order valence-corrected chi connectivity index (χ0v) is 12.3. The van der Waals surface area contributed by atoms with Crippen LogP contribution in [0.5, 0.6) is 0 Å². The predicted molar refractivity (Wildman–Crippen MR) is 75.8 cm³/mol. The molecule has 0 spiro atoms. The number of benzene rings is 1. The van der Waals surface area contributed by atoms with E-state index in [4.69, 9.17) is 0 Å². The van der Waals surface area contributed by atoms with Crippen molar-refractivity contribution < 1.29 is 22.7 Å². The molecule has 0 unspecified atom stereocenters. The number of esters is 1. The second-order valence-electron chi connectivity index (χ2n) is 4.81. The predicted octanol–water partition coefficient (Wildman–Crippen LogP) is 2.48. The maximum Gasteiger partial charge on any atom is 0.416 e. The van der Waals surface area contributed by atoms with E-state index in [2.05, 4.69) is 14.7 Å². The number of aryl methyl sites for hydroxylation is 1. The molecule has 8 heteroatoms. The summed E-state index contributed by atoms with van der Waals surface area (Å²) in [6.45, 7) is 1.54. The quantitative estimate of drug-likeness (QED) is 0.880. The summed E-state index contributed by atoms with van der Waals surface area (Å²) in [5.41, 5.74) is -0.509. The summed E-state index contributed by atoms with van der Waals surface area (Å²) in [5, 5.41) is 0. The van der Waals surface area contributed by atoms with Crippen LogP contribution in [0.25, 0.3) is 11.4 Å². The van der Waals surface area contributed by atoms with Gasteiger partial charge in [0.25, 0.3) is 5.56 Å². The first-order valence-electron chi connectivity index (χ1n) is 6.56. The molecule has 2 aromatic rings. The van der Waals surface area contributed by atoms with Crippen LogP contribution in [0.2, 0.25) is 0 Å². The van der Waals surface area contributed by atoms with Gasteiger partial charge in [0.2, 0.25) is 0 Å². The highest BCUT2D eigenvalue weighted by atomic mass is 19.4. The normalized spacial score (nSPS) is 11.3. The summed E-state index contributed by atoms with van der Waals surface area (Å²) in [6, 6.07) is 4.26. The van der Waals surface area contributed by atoms with Crippen LogP contribution in [0.4, 0.5) is 13.2 Å². The summed E-state index contributed by atoms with van der Waals surface area (Å²) < 4.78 is 42.1.